The monoisotopic (exact) mass is 534 g/mol. The molecule has 0 saturated heterocycles. The fraction of sp³-hybridized carbons (Fsp3) is 0.714. The first-order valence-corrected chi connectivity index (χ1v) is 12.9. The largest absolute Gasteiger partial charge is 0.481 e. The van der Waals surface area contributed by atoms with Gasteiger partial charge in [-0.3, -0.25) is 24.0 Å². The van der Waals surface area contributed by atoms with Gasteiger partial charge in [0.25, 0.3) is 0 Å². The summed E-state index contributed by atoms with van der Waals surface area (Å²) in [4.78, 5) is 71.7. The molecule has 0 saturated carbocycles. The van der Waals surface area contributed by atoms with Gasteiger partial charge in [-0.25, -0.2) is 4.79 Å². The predicted octanol–water partition coefficient (Wildman–Crippen LogP) is -2.13. The fourth-order valence-electron chi connectivity index (χ4n) is 3.05. The van der Waals surface area contributed by atoms with E-state index in [0.29, 0.717) is 31.6 Å². The molecular weight excluding hydrogens is 496 g/mol. The Balaban J connectivity index is 5.48. The van der Waals surface area contributed by atoms with Gasteiger partial charge in [-0.1, -0.05) is 6.42 Å². The Morgan fingerprint density at radius 3 is 1.81 bits per heavy atom. The number of unbranched alkanes of at least 4 members (excludes halogenated alkanes) is 1. The SMILES string of the molecule is CSCCC(NC(=O)C(N)CCCCN)C(=O)NC(CCC(=O)O)C(=O)NC(CCC(N)=O)C(=O)O. The van der Waals surface area contributed by atoms with Crippen molar-refractivity contribution in [3.63, 3.8) is 0 Å². The van der Waals surface area contributed by atoms with Crippen LogP contribution in [0.5, 0.6) is 0 Å². The summed E-state index contributed by atoms with van der Waals surface area (Å²) in [6.45, 7) is 0.457. The molecule has 4 amide bonds. The van der Waals surface area contributed by atoms with Crippen LogP contribution in [0.2, 0.25) is 0 Å². The predicted molar refractivity (Wildman–Crippen MR) is 133 cm³/mol. The number of hydrogen-bond acceptors (Lipinski definition) is 9. The number of primary amides is 1. The Kier molecular flexibility index (Phi) is 16.9. The van der Waals surface area contributed by atoms with Crippen molar-refractivity contribution in [1.82, 2.24) is 16.0 Å². The topological polar surface area (TPSA) is 257 Å². The number of aliphatic carboxylic acids is 2. The van der Waals surface area contributed by atoms with Crippen molar-refractivity contribution in [2.24, 2.45) is 17.2 Å². The van der Waals surface area contributed by atoms with Crippen molar-refractivity contribution in [3.05, 3.63) is 0 Å². The Morgan fingerprint density at radius 2 is 1.31 bits per heavy atom. The summed E-state index contributed by atoms with van der Waals surface area (Å²) < 4.78 is 0. The van der Waals surface area contributed by atoms with Crippen LogP contribution in [-0.2, 0) is 28.8 Å². The Morgan fingerprint density at radius 1 is 0.778 bits per heavy atom. The first kappa shape index (κ1) is 33.1. The first-order chi connectivity index (χ1) is 16.9. The molecule has 4 atom stereocenters. The summed E-state index contributed by atoms with van der Waals surface area (Å²) in [7, 11) is 0. The molecule has 0 bridgehead atoms. The number of thioether (sulfide) groups is 1. The number of carboxylic acids is 2. The molecule has 0 fully saturated rings. The molecule has 0 aromatic carbocycles. The Hall–Kier alpha value is -2.91. The highest BCUT2D eigenvalue weighted by Crippen LogP contribution is 2.07. The van der Waals surface area contributed by atoms with Gasteiger partial charge in [0.1, 0.15) is 18.1 Å². The molecule has 14 nitrogen and oxygen atoms in total. The van der Waals surface area contributed by atoms with Crippen LogP contribution < -0.4 is 33.2 Å². The van der Waals surface area contributed by atoms with Crippen molar-refractivity contribution >= 4 is 47.3 Å². The van der Waals surface area contributed by atoms with Crippen LogP contribution in [0.4, 0.5) is 0 Å². The maximum Gasteiger partial charge on any atom is 0.326 e. The van der Waals surface area contributed by atoms with Gasteiger partial charge < -0.3 is 43.4 Å². The van der Waals surface area contributed by atoms with Crippen LogP contribution in [0.15, 0.2) is 0 Å². The van der Waals surface area contributed by atoms with Crippen molar-refractivity contribution in [2.75, 3.05) is 18.6 Å². The van der Waals surface area contributed by atoms with E-state index in [2.05, 4.69) is 16.0 Å². The molecule has 0 aliphatic carbocycles. The molecule has 0 rings (SSSR count). The standard InChI is InChI=1S/C21H38N6O8S/c1-36-11-9-14(25-18(31)12(23)4-2-3-10-22)20(33)26-13(6-8-17(29)30)19(32)27-15(21(34)35)5-7-16(24)28/h12-15H,2-11,22-23H2,1H3,(H2,24,28)(H,25,31)(H,26,33)(H,27,32)(H,29,30)(H,34,35). The number of carbonyl (C=O) groups excluding carboxylic acids is 4. The average molecular weight is 535 g/mol. The lowest BCUT2D eigenvalue weighted by Gasteiger charge is -2.25. The minimum Gasteiger partial charge on any atom is -0.481 e. The van der Waals surface area contributed by atoms with Crippen LogP contribution in [0.25, 0.3) is 0 Å². The molecule has 0 heterocycles. The van der Waals surface area contributed by atoms with Crippen molar-refractivity contribution in [2.45, 2.75) is 75.5 Å². The molecule has 36 heavy (non-hydrogen) atoms. The smallest absolute Gasteiger partial charge is 0.326 e. The van der Waals surface area contributed by atoms with E-state index >= 15 is 0 Å². The minimum absolute atomic E-state index is 0.206. The van der Waals surface area contributed by atoms with E-state index in [1.807, 2.05) is 0 Å². The number of carbonyl (C=O) groups is 6. The van der Waals surface area contributed by atoms with Crippen LogP contribution >= 0.6 is 11.8 Å². The lowest BCUT2D eigenvalue weighted by molar-refractivity contribution is -0.143. The third-order valence-corrected chi connectivity index (χ3v) is 5.77. The van der Waals surface area contributed by atoms with Gasteiger partial charge in [0, 0.05) is 12.8 Å². The van der Waals surface area contributed by atoms with Gasteiger partial charge in [-0.2, -0.15) is 11.8 Å². The van der Waals surface area contributed by atoms with Crippen molar-refractivity contribution in [1.29, 1.82) is 0 Å². The number of rotatable bonds is 20. The van der Waals surface area contributed by atoms with E-state index in [1.54, 1.807) is 6.26 Å². The lowest BCUT2D eigenvalue weighted by Crippen LogP contribution is -2.57. The minimum atomic E-state index is -1.48. The highest BCUT2D eigenvalue weighted by atomic mass is 32.2. The average Bonchev–Trinajstić information content (AvgIpc) is 2.80. The number of amides is 4. The summed E-state index contributed by atoms with van der Waals surface area (Å²) in [5, 5.41) is 25.5. The zero-order valence-corrected chi connectivity index (χ0v) is 21.2. The summed E-state index contributed by atoms with van der Waals surface area (Å²) >= 11 is 1.42. The zero-order chi connectivity index (χ0) is 27.7. The molecule has 4 unspecified atom stereocenters. The van der Waals surface area contributed by atoms with Crippen molar-refractivity contribution in [3.8, 4) is 0 Å². The summed E-state index contributed by atoms with van der Waals surface area (Å²) in [6, 6.07) is -4.81. The third-order valence-electron chi connectivity index (χ3n) is 5.12. The Labute approximate surface area is 213 Å². The van der Waals surface area contributed by atoms with E-state index < -0.39 is 66.2 Å². The molecular formula is C21H38N6O8S. The number of hydrogen-bond donors (Lipinski definition) is 8. The first-order valence-electron chi connectivity index (χ1n) is 11.5. The maximum atomic E-state index is 13.0. The lowest BCUT2D eigenvalue weighted by atomic mass is 10.1. The van der Waals surface area contributed by atoms with Crippen LogP contribution in [0.1, 0.15) is 51.4 Å². The third kappa shape index (κ3) is 14.5. The van der Waals surface area contributed by atoms with E-state index in [-0.39, 0.29) is 25.7 Å². The van der Waals surface area contributed by atoms with Gasteiger partial charge in [-0.05, 0) is 50.7 Å². The molecule has 11 N–H and O–H groups in total. The van der Waals surface area contributed by atoms with Gasteiger partial charge in [0.15, 0.2) is 0 Å². The second kappa shape index (κ2) is 18.4. The van der Waals surface area contributed by atoms with Gasteiger partial charge >= 0.3 is 11.9 Å². The fourth-order valence-corrected chi connectivity index (χ4v) is 3.52. The quantitative estimate of drug-likeness (QED) is 0.0782. The number of nitrogens with two attached hydrogens (primary N) is 3. The van der Waals surface area contributed by atoms with Gasteiger partial charge in [0.2, 0.25) is 23.6 Å². The van der Waals surface area contributed by atoms with Gasteiger partial charge in [-0.15, -0.1) is 0 Å². The molecule has 0 aliphatic heterocycles. The second-order valence-electron chi connectivity index (χ2n) is 8.13. The van der Waals surface area contributed by atoms with E-state index in [4.69, 9.17) is 22.3 Å². The molecule has 0 aromatic rings. The molecule has 0 radical (unpaired) electrons. The highest BCUT2D eigenvalue weighted by molar-refractivity contribution is 7.98. The van der Waals surface area contributed by atoms with Crippen LogP contribution in [0, 0.1) is 0 Å². The van der Waals surface area contributed by atoms with E-state index in [1.165, 1.54) is 11.8 Å². The highest BCUT2D eigenvalue weighted by Gasteiger charge is 2.30. The maximum absolute atomic E-state index is 13.0. The van der Waals surface area contributed by atoms with Crippen LogP contribution in [0.3, 0.4) is 0 Å². The van der Waals surface area contributed by atoms with Crippen molar-refractivity contribution < 1.29 is 39.0 Å². The molecule has 0 aliphatic rings. The summed E-state index contributed by atoms with van der Waals surface area (Å²) in [6.07, 6.45) is 2.27. The van der Waals surface area contributed by atoms with E-state index in [0.717, 1.165) is 0 Å². The Bertz CT molecular complexity index is 769. The zero-order valence-electron chi connectivity index (χ0n) is 20.4. The summed E-state index contributed by atoms with van der Waals surface area (Å²) in [5.74, 6) is -5.20. The normalized spacial score (nSPS) is 14.1. The molecule has 206 valence electrons. The second-order valence-corrected chi connectivity index (χ2v) is 9.12. The molecule has 0 aromatic heterocycles. The number of nitrogens with one attached hydrogen (secondary N) is 3. The molecule has 0 spiro atoms. The number of carboxylic acid groups (broad SMARTS) is 2. The molecule has 15 heteroatoms. The van der Waals surface area contributed by atoms with Crippen LogP contribution in [-0.4, -0.2) is 88.5 Å². The van der Waals surface area contributed by atoms with E-state index in [9.17, 15) is 33.9 Å². The van der Waals surface area contributed by atoms with Gasteiger partial charge in [0.05, 0.1) is 6.04 Å². The summed E-state index contributed by atoms with van der Waals surface area (Å²) in [5.41, 5.74) is 16.4.